The Kier molecular flexibility index (Phi) is 3.09. The Labute approximate surface area is 98.7 Å². The fourth-order valence-corrected chi connectivity index (χ4v) is 1.49. The smallest absolute Gasteiger partial charge is 0.251 e. The Morgan fingerprint density at radius 1 is 1.47 bits per heavy atom. The summed E-state index contributed by atoms with van der Waals surface area (Å²) in [5.74, 6) is -0.139. The van der Waals surface area contributed by atoms with Gasteiger partial charge in [0.1, 0.15) is 5.75 Å². The molecule has 1 aromatic carbocycles. The van der Waals surface area contributed by atoms with Gasteiger partial charge in [-0.1, -0.05) is 6.07 Å². The lowest BCUT2D eigenvalue weighted by Crippen LogP contribution is -2.23. The van der Waals surface area contributed by atoms with Crippen molar-refractivity contribution < 1.29 is 9.90 Å². The number of phenolic OH excluding ortho intramolecular Hbond substituents is 1. The number of hydrogen-bond donors (Lipinski definition) is 2. The second-order valence-corrected chi connectivity index (χ2v) is 3.68. The van der Waals surface area contributed by atoms with Gasteiger partial charge in [-0.05, 0) is 24.3 Å². The van der Waals surface area contributed by atoms with Crippen molar-refractivity contribution in [2.45, 2.75) is 6.54 Å². The van der Waals surface area contributed by atoms with Crippen molar-refractivity contribution in [1.29, 1.82) is 0 Å². The lowest BCUT2D eigenvalue weighted by Gasteiger charge is -2.05. The lowest BCUT2D eigenvalue weighted by atomic mass is 10.2. The van der Waals surface area contributed by atoms with Crippen LogP contribution in [0.15, 0.2) is 36.5 Å². The van der Waals surface area contributed by atoms with Crippen molar-refractivity contribution in [2.75, 3.05) is 0 Å². The topological polar surface area (TPSA) is 67.2 Å². The first-order chi connectivity index (χ1) is 8.16. The summed E-state index contributed by atoms with van der Waals surface area (Å²) in [5, 5.41) is 16.0. The first kappa shape index (κ1) is 11.2. The third-order valence-corrected chi connectivity index (χ3v) is 2.46. The van der Waals surface area contributed by atoms with E-state index in [4.69, 9.17) is 0 Å². The Morgan fingerprint density at radius 2 is 2.29 bits per heavy atom. The van der Waals surface area contributed by atoms with E-state index >= 15 is 0 Å². The average molecular weight is 231 g/mol. The van der Waals surface area contributed by atoms with Crippen molar-refractivity contribution >= 4 is 5.91 Å². The zero-order valence-electron chi connectivity index (χ0n) is 9.42. The molecule has 88 valence electrons. The highest BCUT2D eigenvalue weighted by molar-refractivity contribution is 5.94. The van der Waals surface area contributed by atoms with Gasteiger partial charge in [-0.2, -0.15) is 5.10 Å². The summed E-state index contributed by atoms with van der Waals surface area (Å²) < 4.78 is 1.70. The van der Waals surface area contributed by atoms with Crippen LogP contribution in [0.25, 0.3) is 0 Å². The minimum Gasteiger partial charge on any atom is -0.508 e. The SMILES string of the molecule is Cn1nccc1CNC(=O)c1cccc(O)c1. The molecule has 1 aromatic heterocycles. The van der Waals surface area contributed by atoms with E-state index in [-0.39, 0.29) is 11.7 Å². The molecule has 2 N–H and O–H groups in total. The van der Waals surface area contributed by atoms with Crippen LogP contribution in [0.1, 0.15) is 16.1 Å². The standard InChI is InChI=1S/C12H13N3O2/c1-15-10(5-6-14-15)8-13-12(17)9-3-2-4-11(16)7-9/h2-7,16H,8H2,1H3,(H,13,17). The molecule has 0 aliphatic carbocycles. The van der Waals surface area contributed by atoms with E-state index in [1.54, 1.807) is 23.0 Å². The molecular formula is C12H13N3O2. The maximum Gasteiger partial charge on any atom is 0.251 e. The van der Waals surface area contributed by atoms with Crippen LogP contribution in [0, 0.1) is 0 Å². The molecule has 0 unspecified atom stereocenters. The van der Waals surface area contributed by atoms with Crippen molar-refractivity contribution in [1.82, 2.24) is 15.1 Å². The molecule has 0 aliphatic rings. The monoisotopic (exact) mass is 231 g/mol. The number of carbonyl (C=O) groups excluding carboxylic acids is 1. The van der Waals surface area contributed by atoms with Crippen LogP contribution in [-0.4, -0.2) is 20.8 Å². The first-order valence-corrected chi connectivity index (χ1v) is 5.21. The van der Waals surface area contributed by atoms with Crippen LogP contribution >= 0.6 is 0 Å². The number of aromatic hydroxyl groups is 1. The fraction of sp³-hybridized carbons (Fsp3) is 0.167. The molecule has 17 heavy (non-hydrogen) atoms. The first-order valence-electron chi connectivity index (χ1n) is 5.21. The van der Waals surface area contributed by atoms with E-state index in [1.807, 2.05) is 13.1 Å². The number of phenols is 1. The summed E-state index contributed by atoms with van der Waals surface area (Å²) >= 11 is 0. The molecule has 1 amide bonds. The summed E-state index contributed by atoms with van der Waals surface area (Å²) in [5.41, 5.74) is 1.35. The number of benzene rings is 1. The second-order valence-electron chi connectivity index (χ2n) is 3.68. The number of aryl methyl sites for hydroxylation is 1. The quantitative estimate of drug-likeness (QED) is 0.829. The Morgan fingerprint density at radius 3 is 2.94 bits per heavy atom. The molecule has 1 heterocycles. The molecule has 0 saturated carbocycles. The molecule has 2 rings (SSSR count). The van der Waals surface area contributed by atoms with E-state index in [0.717, 1.165) is 5.69 Å². The molecule has 0 saturated heterocycles. The number of carbonyl (C=O) groups is 1. The predicted octanol–water partition coefficient (Wildman–Crippen LogP) is 1.06. The maximum absolute atomic E-state index is 11.8. The molecule has 0 aliphatic heterocycles. The Balaban J connectivity index is 2.01. The number of amides is 1. The van der Waals surface area contributed by atoms with E-state index in [1.165, 1.54) is 12.1 Å². The van der Waals surface area contributed by atoms with Crippen LogP contribution in [0.4, 0.5) is 0 Å². The zero-order valence-corrected chi connectivity index (χ0v) is 9.42. The summed E-state index contributed by atoms with van der Waals surface area (Å²) in [7, 11) is 1.82. The van der Waals surface area contributed by atoms with Crippen LogP contribution in [0.3, 0.4) is 0 Å². The van der Waals surface area contributed by atoms with E-state index < -0.39 is 0 Å². The molecule has 2 aromatic rings. The lowest BCUT2D eigenvalue weighted by molar-refractivity contribution is 0.0949. The van der Waals surface area contributed by atoms with Crippen LogP contribution in [0.2, 0.25) is 0 Å². The normalized spacial score (nSPS) is 10.2. The number of aromatic nitrogens is 2. The van der Waals surface area contributed by atoms with E-state index in [0.29, 0.717) is 12.1 Å². The van der Waals surface area contributed by atoms with Gasteiger partial charge in [0.2, 0.25) is 0 Å². The van der Waals surface area contributed by atoms with Crippen LogP contribution in [0.5, 0.6) is 5.75 Å². The van der Waals surface area contributed by atoms with Gasteiger partial charge in [-0.3, -0.25) is 9.48 Å². The molecule has 0 radical (unpaired) electrons. The van der Waals surface area contributed by atoms with Crippen molar-refractivity contribution in [3.8, 4) is 5.75 Å². The summed E-state index contributed by atoms with van der Waals surface area (Å²) in [6.07, 6.45) is 1.68. The van der Waals surface area contributed by atoms with E-state index in [9.17, 15) is 9.90 Å². The molecule has 0 bridgehead atoms. The van der Waals surface area contributed by atoms with E-state index in [2.05, 4.69) is 10.4 Å². The van der Waals surface area contributed by atoms with Gasteiger partial charge < -0.3 is 10.4 Å². The van der Waals surface area contributed by atoms with Gasteiger partial charge in [0.25, 0.3) is 5.91 Å². The number of nitrogens with zero attached hydrogens (tertiary/aromatic N) is 2. The van der Waals surface area contributed by atoms with Crippen molar-refractivity contribution in [3.05, 3.63) is 47.8 Å². The van der Waals surface area contributed by atoms with Gasteiger partial charge in [-0.15, -0.1) is 0 Å². The maximum atomic E-state index is 11.8. The van der Waals surface area contributed by atoms with Crippen LogP contribution < -0.4 is 5.32 Å². The number of nitrogens with one attached hydrogen (secondary N) is 1. The third kappa shape index (κ3) is 2.63. The predicted molar refractivity (Wildman–Crippen MR) is 62.5 cm³/mol. The summed E-state index contributed by atoms with van der Waals surface area (Å²) in [6.45, 7) is 0.408. The Bertz CT molecular complexity index is 534. The number of rotatable bonds is 3. The minimum absolute atomic E-state index is 0.0817. The Hall–Kier alpha value is -2.30. The summed E-state index contributed by atoms with van der Waals surface area (Å²) in [4.78, 5) is 11.8. The van der Waals surface area contributed by atoms with Gasteiger partial charge in [0.15, 0.2) is 0 Å². The fourth-order valence-electron chi connectivity index (χ4n) is 1.49. The number of hydrogen-bond acceptors (Lipinski definition) is 3. The highest BCUT2D eigenvalue weighted by Gasteiger charge is 2.06. The largest absolute Gasteiger partial charge is 0.508 e. The van der Waals surface area contributed by atoms with Crippen molar-refractivity contribution in [3.63, 3.8) is 0 Å². The average Bonchev–Trinajstić information content (AvgIpc) is 2.72. The molecule has 5 nitrogen and oxygen atoms in total. The minimum atomic E-state index is -0.220. The highest BCUT2D eigenvalue weighted by atomic mass is 16.3. The second kappa shape index (κ2) is 4.69. The molecular weight excluding hydrogens is 218 g/mol. The van der Waals surface area contributed by atoms with Gasteiger partial charge in [0.05, 0.1) is 12.2 Å². The highest BCUT2D eigenvalue weighted by Crippen LogP contribution is 2.10. The zero-order chi connectivity index (χ0) is 12.3. The molecule has 0 atom stereocenters. The van der Waals surface area contributed by atoms with Crippen molar-refractivity contribution in [2.24, 2.45) is 7.05 Å². The van der Waals surface area contributed by atoms with Gasteiger partial charge >= 0.3 is 0 Å². The van der Waals surface area contributed by atoms with Gasteiger partial charge in [0, 0.05) is 18.8 Å². The molecule has 0 spiro atoms. The van der Waals surface area contributed by atoms with Crippen LogP contribution in [-0.2, 0) is 13.6 Å². The summed E-state index contributed by atoms with van der Waals surface area (Å²) in [6, 6.07) is 8.08. The molecule has 5 heteroatoms. The molecule has 0 fully saturated rings. The van der Waals surface area contributed by atoms with Gasteiger partial charge in [-0.25, -0.2) is 0 Å². The third-order valence-electron chi connectivity index (χ3n) is 2.46.